The van der Waals surface area contributed by atoms with Crippen LogP contribution in [0.3, 0.4) is 0 Å². The van der Waals surface area contributed by atoms with Crippen molar-refractivity contribution in [2.75, 3.05) is 44.1 Å². The summed E-state index contributed by atoms with van der Waals surface area (Å²) in [4.78, 5) is 21.8. The fraction of sp³-hybridized carbons (Fsp3) is 0.308. The van der Waals surface area contributed by atoms with Gasteiger partial charge in [-0.1, -0.05) is 17.7 Å². The Balaban J connectivity index is 2.02. The summed E-state index contributed by atoms with van der Waals surface area (Å²) < 4.78 is 12.0. The molecule has 0 fully saturated rings. The zero-order valence-electron chi connectivity index (χ0n) is 19.6. The summed E-state index contributed by atoms with van der Waals surface area (Å²) in [6.07, 6.45) is 1.66. The zero-order chi connectivity index (χ0) is 23.8. The molecule has 2 heterocycles. The molecule has 1 aliphatic rings. The smallest absolute Gasteiger partial charge is 0.341 e. The average Bonchev–Trinajstić information content (AvgIpc) is 3.12. The molecule has 1 aliphatic heterocycles. The van der Waals surface area contributed by atoms with Gasteiger partial charge in [-0.3, -0.25) is 4.98 Å². The van der Waals surface area contributed by atoms with Crippen LogP contribution < -0.4 is 14.5 Å². The van der Waals surface area contributed by atoms with Crippen molar-refractivity contribution in [3.63, 3.8) is 0 Å². The van der Waals surface area contributed by atoms with Crippen LogP contribution in [0.2, 0.25) is 5.02 Å². The third kappa shape index (κ3) is 3.68. The number of halogens is 1. The van der Waals surface area contributed by atoms with E-state index in [2.05, 4.69) is 23.7 Å². The van der Waals surface area contributed by atoms with Gasteiger partial charge in [0.25, 0.3) is 0 Å². The molecule has 1 aromatic heterocycles. The van der Waals surface area contributed by atoms with Gasteiger partial charge in [0.15, 0.2) is 0 Å². The van der Waals surface area contributed by atoms with E-state index in [4.69, 9.17) is 21.1 Å². The minimum atomic E-state index is -1.33. The summed E-state index contributed by atoms with van der Waals surface area (Å²) in [6, 6.07) is 15.1. The van der Waals surface area contributed by atoms with E-state index < -0.39 is 11.6 Å². The Morgan fingerprint density at radius 3 is 2.36 bits per heavy atom. The van der Waals surface area contributed by atoms with E-state index in [9.17, 15) is 4.79 Å². The molecule has 2 aromatic carbocycles. The molecule has 4 rings (SSSR count). The van der Waals surface area contributed by atoms with Crippen LogP contribution in [0.25, 0.3) is 0 Å². The summed E-state index contributed by atoms with van der Waals surface area (Å²) in [5, 5.41) is 0.474. The van der Waals surface area contributed by atoms with Gasteiger partial charge in [-0.25, -0.2) is 4.79 Å². The average molecular weight is 466 g/mol. The highest BCUT2D eigenvalue weighted by Gasteiger charge is 2.52. The molecule has 0 spiro atoms. The Labute approximate surface area is 199 Å². The molecule has 0 radical (unpaired) electrons. The molecule has 3 aromatic rings. The van der Waals surface area contributed by atoms with Crippen molar-refractivity contribution < 1.29 is 14.3 Å². The standard InChI is InChI=1S/C26H28ClN3O3/c1-6-30(7-2)18-11-13-21(23(16-18)32-5)26(20-12-10-17(29(3)4)15-22(20)27)24-19(25(31)33-26)9-8-14-28-24/h8-16H,6-7H2,1-5H3. The predicted octanol–water partition coefficient (Wildman–Crippen LogP) is 5.12. The maximum Gasteiger partial charge on any atom is 0.341 e. The number of benzene rings is 2. The molecule has 0 bridgehead atoms. The molecular formula is C26H28ClN3O3. The number of anilines is 2. The topological polar surface area (TPSA) is 54.9 Å². The van der Waals surface area contributed by atoms with Crippen LogP contribution in [-0.2, 0) is 10.3 Å². The number of fused-ring (bicyclic) bond motifs is 1. The summed E-state index contributed by atoms with van der Waals surface area (Å²) in [5.74, 6) is 0.152. The SMILES string of the molecule is CCN(CC)c1ccc(C2(c3ccc(N(C)C)cc3Cl)OC(=O)c3cccnc32)c(OC)c1. The number of hydrogen-bond acceptors (Lipinski definition) is 6. The minimum absolute atomic E-state index is 0.417. The van der Waals surface area contributed by atoms with Gasteiger partial charge >= 0.3 is 5.97 Å². The molecule has 6 nitrogen and oxygen atoms in total. The van der Waals surface area contributed by atoms with Gasteiger partial charge in [0.1, 0.15) is 11.4 Å². The second kappa shape index (κ2) is 8.94. The summed E-state index contributed by atoms with van der Waals surface area (Å²) in [7, 11) is 5.51. The van der Waals surface area contributed by atoms with Crippen LogP contribution in [0, 0.1) is 0 Å². The van der Waals surface area contributed by atoms with Gasteiger partial charge in [-0.05, 0) is 50.2 Å². The molecule has 1 atom stereocenters. The number of hydrogen-bond donors (Lipinski definition) is 0. The van der Waals surface area contributed by atoms with Gasteiger partial charge in [0.2, 0.25) is 5.60 Å². The number of aromatic nitrogens is 1. The van der Waals surface area contributed by atoms with Crippen molar-refractivity contribution in [1.82, 2.24) is 4.98 Å². The van der Waals surface area contributed by atoms with E-state index in [-0.39, 0.29) is 0 Å². The first-order valence-electron chi connectivity index (χ1n) is 11.0. The van der Waals surface area contributed by atoms with Crippen LogP contribution in [0.4, 0.5) is 11.4 Å². The van der Waals surface area contributed by atoms with Crippen molar-refractivity contribution in [3.8, 4) is 5.75 Å². The second-order valence-electron chi connectivity index (χ2n) is 8.09. The van der Waals surface area contributed by atoms with Gasteiger partial charge in [-0.15, -0.1) is 0 Å². The molecule has 0 saturated heterocycles. The number of ether oxygens (including phenoxy) is 2. The van der Waals surface area contributed by atoms with Crippen molar-refractivity contribution >= 4 is 28.9 Å². The fourth-order valence-electron chi connectivity index (χ4n) is 4.43. The van der Waals surface area contributed by atoms with E-state index in [1.165, 1.54) is 0 Å². The second-order valence-corrected chi connectivity index (χ2v) is 8.49. The van der Waals surface area contributed by atoms with Crippen LogP contribution >= 0.6 is 11.6 Å². The highest BCUT2D eigenvalue weighted by molar-refractivity contribution is 6.32. The zero-order valence-corrected chi connectivity index (χ0v) is 20.3. The molecule has 7 heteroatoms. The number of carbonyl (C=O) groups excluding carboxylic acids is 1. The van der Waals surface area contributed by atoms with E-state index in [1.54, 1.807) is 25.4 Å². The van der Waals surface area contributed by atoms with E-state index in [1.807, 2.05) is 55.4 Å². The van der Waals surface area contributed by atoms with E-state index >= 15 is 0 Å². The third-order valence-electron chi connectivity index (χ3n) is 6.15. The summed E-state index contributed by atoms with van der Waals surface area (Å²) >= 11 is 6.83. The lowest BCUT2D eigenvalue weighted by atomic mass is 9.82. The number of nitrogens with zero attached hydrogens (tertiary/aromatic N) is 3. The van der Waals surface area contributed by atoms with E-state index in [0.29, 0.717) is 33.2 Å². The number of methoxy groups -OCH3 is 1. The monoisotopic (exact) mass is 465 g/mol. The van der Waals surface area contributed by atoms with Gasteiger partial charge < -0.3 is 19.3 Å². The van der Waals surface area contributed by atoms with Gasteiger partial charge in [-0.2, -0.15) is 0 Å². The number of cyclic esters (lactones) is 1. The van der Waals surface area contributed by atoms with Crippen LogP contribution in [-0.4, -0.2) is 45.2 Å². The quantitative estimate of drug-likeness (QED) is 0.451. The summed E-state index contributed by atoms with van der Waals surface area (Å²) in [6.45, 7) is 5.94. The number of carbonyl (C=O) groups is 1. The fourth-order valence-corrected chi connectivity index (χ4v) is 4.73. The van der Waals surface area contributed by atoms with Crippen molar-refractivity contribution in [1.29, 1.82) is 0 Å². The van der Waals surface area contributed by atoms with E-state index in [0.717, 1.165) is 24.5 Å². The van der Waals surface area contributed by atoms with Gasteiger partial charge in [0.05, 0.1) is 17.7 Å². The van der Waals surface area contributed by atoms with Gasteiger partial charge in [0, 0.05) is 61.9 Å². The number of rotatable bonds is 7. The largest absolute Gasteiger partial charge is 0.496 e. The lowest BCUT2D eigenvalue weighted by Crippen LogP contribution is -2.32. The Bertz CT molecular complexity index is 1190. The number of pyridine rings is 1. The normalized spacial score (nSPS) is 16.8. The molecule has 0 amide bonds. The molecule has 0 aliphatic carbocycles. The Hall–Kier alpha value is -3.25. The van der Waals surface area contributed by atoms with Crippen molar-refractivity contribution in [3.05, 3.63) is 82.1 Å². The Kier molecular flexibility index (Phi) is 6.21. The first-order chi connectivity index (χ1) is 15.9. The maximum atomic E-state index is 13.0. The molecule has 1 unspecified atom stereocenters. The highest BCUT2D eigenvalue weighted by atomic mass is 35.5. The van der Waals surface area contributed by atoms with Crippen LogP contribution in [0.15, 0.2) is 54.7 Å². The molecular weight excluding hydrogens is 438 g/mol. The van der Waals surface area contributed by atoms with Crippen LogP contribution in [0.5, 0.6) is 5.75 Å². The Morgan fingerprint density at radius 1 is 1.03 bits per heavy atom. The van der Waals surface area contributed by atoms with Crippen LogP contribution in [0.1, 0.15) is 41.0 Å². The lowest BCUT2D eigenvalue weighted by molar-refractivity contribution is 0.0237. The number of esters is 1. The molecule has 0 N–H and O–H groups in total. The summed E-state index contributed by atoms with van der Waals surface area (Å²) in [5.41, 5.74) is 2.86. The molecule has 33 heavy (non-hydrogen) atoms. The minimum Gasteiger partial charge on any atom is -0.496 e. The van der Waals surface area contributed by atoms with Crippen molar-refractivity contribution in [2.24, 2.45) is 0 Å². The predicted molar refractivity (Wildman–Crippen MR) is 132 cm³/mol. The first-order valence-corrected chi connectivity index (χ1v) is 11.3. The Morgan fingerprint density at radius 2 is 1.73 bits per heavy atom. The molecule has 0 saturated carbocycles. The maximum absolute atomic E-state index is 13.0. The third-order valence-corrected chi connectivity index (χ3v) is 6.46. The molecule has 172 valence electrons. The lowest BCUT2D eigenvalue weighted by Gasteiger charge is -2.32. The first kappa shape index (κ1) is 22.9. The highest BCUT2D eigenvalue weighted by Crippen LogP contribution is 2.51. The van der Waals surface area contributed by atoms with Crippen molar-refractivity contribution in [2.45, 2.75) is 19.4 Å².